The Morgan fingerprint density at radius 1 is 1.12 bits per heavy atom. The van der Waals surface area contributed by atoms with Gasteiger partial charge in [-0.25, -0.2) is 4.79 Å². The number of carbonyl (C=O) groups excluding carboxylic acids is 1. The standard InChI is InChI=1S/C20H23NO3/c1-13(20(2,3)23)21-19(22)24-12-18-16-10-6-4-8-14(16)15-9-5-7-11-17(15)18/h4-11,13,18,23H,12H2,1-3H3,(H,21,22). The first-order chi connectivity index (χ1) is 11.4. The summed E-state index contributed by atoms with van der Waals surface area (Å²) in [5, 5.41) is 12.6. The van der Waals surface area contributed by atoms with Crippen molar-refractivity contribution in [2.24, 2.45) is 0 Å². The normalized spacial score (nSPS) is 14.7. The van der Waals surface area contributed by atoms with Crippen molar-refractivity contribution in [2.45, 2.75) is 38.3 Å². The molecule has 0 heterocycles. The van der Waals surface area contributed by atoms with Crippen molar-refractivity contribution in [3.63, 3.8) is 0 Å². The maximum Gasteiger partial charge on any atom is 0.407 e. The summed E-state index contributed by atoms with van der Waals surface area (Å²) < 4.78 is 5.44. The number of carbonyl (C=O) groups is 1. The lowest BCUT2D eigenvalue weighted by molar-refractivity contribution is 0.0405. The first-order valence-electron chi connectivity index (χ1n) is 8.22. The molecule has 0 spiro atoms. The van der Waals surface area contributed by atoms with E-state index in [2.05, 4.69) is 29.6 Å². The van der Waals surface area contributed by atoms with Gasteiger partial charge in [-0.15, -0.1) is 0 Å². The maximum absolute atomic E-state index is 12.0. The SMILES string of the molecule is CC(NC(=O)OCC1c2ccccc2-c2ccccc21)C(C)(C)O. The fourth-order valence-electron chi connectivity index (χ4n) is 2.99. The highest BCUT2D eigenvalue weighted by Gasteiger charge is 2.30. The molecule has 0 fully saturated rings. The number of nitrogens with one attached hydrogen (secondary N) is 1. The van der Waals surface area contributed by atoms with Crippen LogP contribution >= 0.6 is 0 Å². The number of alkyl carbamates (subject to hydrolysis) is 1. The summed E-state index contributed by atoms with van der Waals surface area (Å²) in [6.45, 7) is 5.34. The molecule has 1 atom stereocenters. The molecule has 2 N–H and O–H groups in total. The number of amides is 1. The quantitative estimate of drug-likeness (QED) is 0.901. The largest absolute Gasteiger partial charge is 0.449 e. The van der Waals surface area contributed by atoms with Gasteiger partial charge < -0.3 is 15.2 Å². The van der Waals surface area contributed by atoms with Crippen LogP contribution in [0.3, 0.4) is 0 Å². The second-order valence-electron chi connectivity index (χ2n) is 6.85. The molecule has 0 radical (unpaired) electrons. The Kier molecular flexibility index (Phi) is 4.33. The molecule has 0 aromatic heterocycles. The predicted octanol–water partition coefficient (Wildman–Crippen LogP) is 3.68. The lowest BCUT2D eigenvalue weighted by atomic mass is 9.98. The van der Waals surface area contributed by atoms with Crippen molar-refractivity contribution < 1.29 is 14.6 Å². The number of hydrogen-bond donors (Lipinski definition) is 2. The molecular weight excluding hydrogens is 302 g/mol. The van der Waals surface area contributed by atoms with Crippen LogP contribution in [0.1, 0.15) is 37.8 Å². The minimum absolute atomic E-state index is 0.0422. The molecule has 0 saturated heterocycles. The van der Waals surface area contributed by atoms with Gasteiger partial charge in [-0.3, -0.25) is 0 Å². The van der Waals surface area contributed by atoms with Gasteiger partial charge in [0.15, 0.2) is 0 Å². The van der Waals surface area contributed by atoms with Gasteiger partial charge in [0.2, 0.25) is 0 Å². The van der Waals surface area contributed by atoms with Crippen LogP contribution in [0.4, 0.5) is 4.79 Å². The molecule has 4 nitrogen and oxygen atoms in total. The minimum atomic E-state index is -0.994. The highest BCUT2D eigenvalue weighted by molar-refractivity contribution is 5.79. The molecule has 24 heavy (non-hydrogen) atoms. The molecule has 2 aromatic rings. The maximum atomic E-state index is 12.0. The van der Waals surface area contributed by atoms with E-state index in [0.29, 0.717) is 0 Å². The zero-order valence-corrected chi connectivity index (χ0v) is 14.2. The second-order valence-corrected chi connectivity index (χ2v) is 6.85. The fraction of sp³-hybridized carbons (Fsp3) is 0.350. The van der Waals surface area contributed by atoms with Crippen LogP contribution in [0.5, 0.6) is 0 Å². The average Bonchev–Trinajstić information content (AvgIpc) is 2.86. The van der Waals surface area contributed by atoms with E-state index in [-0.39, 0.29) is 12.5 Å². The number of benzene rings is 2. The van der Waals surface area contributed by atoms with Gasteiger partial charge in [0.1, 0.15) is 6.61 Å². The van der Waals surface area contributed by atoms with Gasteiger partial charge >= 0.3 is 6.09 Å². The van der Waals surface area contributed by atoms with Crippen LogP contribution in [0.2, 0.25) is 0 Å². The predicted molar refractivity (Wildman–Crippen MR) is 94.0 cm³/mol. The van der Waals surface area contributed by atoms with E-state index >= 15 is 0 Å². The van der Waals surface area contributed by atoms with Crippen molar-refractivity contribution in [3.05, 3.63) is 59.7 Å². The summed E-state index contributed by atoms with van der Waals surface area (Å²) in [5.74, 6) is 0.0422. The third-order valence-corrected chi connectivity index (χ3v) is 4.74. The molecule has 1 aliphatic rings. The highest BCUT2D eigenvalue weighted by atomic mass is 16.5. The van der Waals surface area contributed by atoms with Gasteiger partial charge in [-0.2, -0.15) is 0 Å². The summed E-state index contributed by atoms with van der Waals surface area (Å²) in [4.78, 5) is 12.0. The van der Waals surface area contributed by atoms with Gasteiger partial charge in [0, 0.05) is 5.92 Å². The van der Waals surface area contributed by atoms with E-state index in [4.69, 9.17) is 4.74 Å². The van der Waals surface area contributed by atoms with Gasteiger partial charge in [0.25, 0.3) is 0 Å². The van der Waals surface area contributed by atoms with E-state index in [9.17, 15) is 9.90 Å². The summed E-state index contributed by atoms with van der Waals surface area (Å²) >= 11 is 0. The highest BCUT2D eigenvalue weighted by Crippen LogP contribution is 2.44. The van der Waals surface area contributed by atoms with Crippen molar-refractivity contribution in [2.75, 3.05) is 6.61 Å². The first-order valence-corrected chi connectivity index (χ1v) is 8.22. The Morgan fingerprint density at radius 3 is 2.12 bits per heavy atom. The van der Waals surface area contributed by atoms with Crippen LogP contribution in [0.15, 0.2) is 48.5 Å². The molecule has 2 aromatic carbocycles. The third kappa shape index (κ3) is 3.15. The van der Waals surface area contributed by atoms with Crippen LogP contribution < -0.4 is 5.32 Å². The molecule has 1 amide bonds. The Morgan fingerprint density at radius 2 is 1.62 bits per heavy atom. The molecule has 4 heteroatoms. The van der Waals surface area contributed by atoms with Gasteiger partial charge in [-0.1, -0.05) is 48.5 Å². The molecule has 0 saturated carbocycles. The van der Waals surface area contributed by atoms with Crippen LogP contribution in [-0.4, -0.2) is 29.4 Å². The summed E-state index contributed by atoms with van der Waals surface area (Å²) in [5.41, 5.74) is 3.77. The van der Waals surface area contributed by atoms with Gasteiger partial charge in [-0.05, 0) is 43.0 Å². The number of hydrogen-bond acceptors (Lipinski definition) is 3. The summed E-state index contributed by atoms with van der Waals surface area (Å²) in [7, 11) is 0. The third-order valence-electron chi connectivity index (χ3n) is 4.74. The molecule has 1 aliphatic carbocycles. The molecule has 126 valence electrons. The Hall–Kier alpha value is -2.33. The van der Waals surface area contributed by atoms with E-state index in [1.807, 2.05) is 24.3 Å². The Balaban J connectivity index is 1.73. The summed E-state index contributed by atoms with van der Waals surface area (Å²) in [6.07, 6.45) is -0.508. The van der Waals surface area contributed by atoms with Crippen molar-refractivity contribution in [1.82, 2.24) is 5.32 Å². The lowest BCUT2D eigenvalue weighted by Crippen LogP contribution is -2.47. The van der Waals surface area contributed by atoms with Crippen molar-refractivity contribution >= 4 is 6.09 Å². The van der Waals surface area contributed by atoms with E-state index < -0.39 is 17.7 Å². The Labute approximate surface area is 142 Å². The average molecular weight is 325 g/mol. The van der Waals surface area contributed by atoms with E-state index in [1.54, 1.807) is 20.8 Å². The minimum Gasteiger partial charge on any atom is -0.449 e. The fourth-order valence-corrected chi connectivity index (χ4v) is 2.99. The van der Waals surface area contributed by atoms with E-state index in [0.717, 1.165) is 0 Å². The molecular formula is C20H23NO3. The van der Waals surface area contributed by atoms with E-state index in [1.165, 1.54) is 22.3 Å². The number of aliphatic hydroxyl groups is 1. The zero-order valence-electron chi connectivity index (χ0n) is 14.2. The first kappa shape index (κ1) is 16.5. The molecule has 3 rings (SSSR count). The Bertz CT molecular complexity index is 703. The van der Waals surface area contributed by atoms with Gasteiger partial charge in [0.05, 0.1) is 11.6 Å². The number of rotatable bonds is 4. The topological polar surface area (TPSA) is 58.6 Å². The molecule has 1 unspecified atom stereocenters. The number of fused-ring (bicyclic) bond motifs is 3. The van der Waals surface area contributed by atoms with Crippen LogP contribution in [0, 0.1) is 0 Å². The second kappa shape index (κ2) is 6.29. The molecule has 0 bridgehead atoms. The monoisotopic (exact) mass is 325 g/mol. The smallest absolute Gasteiger partial charge is 0.407 e. The molecule has 0 aliphatic heterocycles. The van der Waals surface area contributed by atoms with Crippen LogP contribution in [0.25, 0.3) is 11.1 Å². The van der Waals surface area contributed by atoms with Crippen LogP contribution in [-0.2, 0) is 4.74 Å². The number of ether oxygens (including phenoxy) is 1. The van der Waals surface area contributed by atoms with Crippen molar-refractivity contribution in [1.29, 1.82) is 0 Å². The zero-order chi connectivity index (χ0) is 17.3. The summed E-state index contributed by atoms with van der Waals surface area (Å²) in [6, 6.07) is 16.0. The van der Waals surface area contributed by atoms with Crippen molar-refractivity contribution in [3.8, 4) is 11.1 Å². The lowest BCUT2D eigenvalue weighted by Gasteiger charge is -2.26.